The summed E-state index contributed by atoms with van der Waals surface area (Å²) in [5.74, 6) is -1.81. The first-order valence-corrected chi connectivity index (χ1v) is 6.21. The van der Waals surface area contributed by atoms with Crippen LogP contribution in [0.1, 0.15) is 13.8 Å². The molecule has 0 heterocycles. The Bertz CT molecular complexity index is 297. The molecule has 0 amide bonds. The van der Waals surface area contributed by atoms with Crippen LogP contribution in [-0.2, 0) is 23.4 Å². The highest BCUT2D eigenvalue weighted by molar-refractivity contribution is 7.38. The fourth-order valence-electron chi connectivity index (χ4n) is 0.634. The largest absolute Gasteiger partial charge is 0.461 e. The molecule has 2 unspecified atom stereocenters. The Morgan fingerprint density at radius 1 is 1.47 bits per heavy atom. The second-order valence-corrected chi connectivity index (χ2v) is 4.38. The molecule has 0 aromatic carbocycles. The zero-order valence-electron chi connectivity index (χ0n) is 9.03. The van der Waals surface area contributed by atoms with Crippen molar-refractivity contribution in [3.63, 3.8) is 0 Å². The zero-order chi connectivity index (χ0) is 12.0. The van der Waals surface area contributed by atoms with Crippen LogP contribution >= 0.6 is 8.03 Å². The smallest absolute Gasteiger partial charge is 0.333 e. The summed E-state index contributed by atoms with van der Waals surface area (Å²) in [5, 5.41) is 0. The lowest BCUT2D eigenvalue weighted by molar-refractivity contribution is -0.145. The molecule has 0 N–H and O–H groups in total. The Morgan fingerprint density at radius 2 is 2.00 bits per heavy atom. The highest BCUT2D eigenvalue weighted by Gasteiger charge is 2.17. The zero-order valence-corrected chi connectivity index (χ0v) is 10.0. The first-order valence-electron chi connectivity index (χ1n) is 4.39. The van der Waals surface area contributed by atoms with Gasteiger partial charge < -0.3 is 9.26 Å². The maximum atomic E-state index is 11.1. The van der Waals surface area contributed by atoms with Crippen LogP contribution in [0.5, 0.6) is 0 Å². The maximum absolute atomic E-state index is 11.1. The first-order chi connectivity index (χ1) is 6.84. The van der Waals surface area contributed by atoms with Gasteiger partial charge >= 0.3 is 11.9 Å². The van der Waals surface area contributed by atoms with Gasteiger partial charge in [0.2, 0.25) is 8.03 Å². The molecule has 0 aromatic heterocycles. The van der Waals surface area contributed by atoms with Gasteiger partial charge in [-0.2, -0.15) is 0 Å². The van der Waals surface area contributed by atoms with Crippen LogP contribution in [0.25, 0.3) is 0 Å². The molecular weight excluding hydrogens is 219 g/mol. The highest BCUT2D eigenvalue weighted by atomic mass is 31.1. The van der Waals surface area contributed by atoms with E-state index in [1.807, 2.05) is 0 Å². The normalized spacial score (nSPS) is 13.8. The number of rotatable bonds is 5. The predicted molar refractivity (Wildman–Crippen MR) is 56.0 cm³/mol. The molecule has 5 nitrogen and oxygen atoms in total. The molecule has 2 atom stereocenters. The molecule has 86 valence electrons. The Labute approximate surface area is 89.3 Å². The second kappa shape index (κ2) is 6.40. The molecule has 6 heteroatoms. The van der Waals surface area contributed by atoms with Crippen molar-refractivity contribution in [3.8, 4) is 0 Å². The molecule has 0 radical (unpaired) electrons. The van der Waals surface area contributed by atoms with E-state index >= 15 is 0 Å². The van der Waals surface area contributed by atoms with Gasteiger partial charge in [0, 0.05) is 12.2 Å². The van der Waals surface area contributed by atoms with Gasteiger partial charge in [0.1, 0.15) is 6.61 Å². The van der Waals surface area contributed by atoms with Crippen LogP contribution in [0.3, 0.4) is 0 Å². The van der Waals surface area contributed by atoms with Gasteiger partial charge in [-0.25, -0.2) is 4.79 Å². The van der Waals surface area contributed by atoms with Gasteiger partial charge in [-0.05, 0) is 13.8 Å². The number of carbonyl (C=O) groups is 2. The Morgan fingerprint density at radius 3 is 2.40 bits per heavy atom. The maximum Gasteiger partial charge on any atom is 0.333 e. The van der Waals surface area contributed by atoms with Crippen LogP contribution in [-0.4, -0.2) is 25.2 Å². The minimum atomic E-state index is -2.29. The van der Waals surface area contributed by atoms with Crippen molar-refractivity contribution in [2.24, 2.45) is 5.92 Å². The van der Waals surface area contributed by atoms with Crippen molar-refractivity contribution in [3.05, 3.63) is 12.2 Å². The molecule has 0 saturated carbocycles. The molecule has 0 bridgehead atoms. The number of hydrogen-bond acceptors (Lipinski definition) is 5. The van der Waals surface area contributed by atoms with Crippen LogP contribution in [0.4, 0.5) is 0 Å². The minimum Gasteiger partial charge on any atom is -0.461 e. The summed E-state index contributed by atoms with van der Waals surface area (Å²) in [4.78, 5) is 22.1. The number of hydrogen-bond donors (Lipinski definition) is 0. The lowest BCUT2D eigenvalue weighted by atomic mass is 10.2. The Hall–Kier alpha value is -1.09. The quantitative estimate of drug-likeness (QED) is 0.408. The van der Waals surface area contributed by atoms with Gasteiger partial charge in [0.15, 0.2) is 0 Å². The van der Waals surface area contributed by atoms with Crippen LogP contribution in [0.2, 0.25) is 0 Å². The van der Waals surface area contributed by atoms with E-state index in [2.05, 4.69) is 11.1 Å². The summed E-state index contributed by atoms with van der Waals surface area (Å²) in [7, 11) is -2.29. The Balaban J connectivity index is 3.98. The van der Waals surface area contributed by atoms with Crippen LogP contribution < -0.4 is 0 Å². The van der Waals surface area contributed by atoms with Crippen LogP contribution in [0.15, 0.2) is 12.2 Å². The molecule has 0 aliphatic rings. The topological polar surface area (TPSA) is 69.7 Å². The molecule has 0 spiro atoms. The monoisotopic (exact) mass is 234 g/mol. The number of ether oxygens (including phenoxy) is 1. The minimum absolute atomic E-state index is 0.0975. The fourth-order valence-corrected chi connectivity index (χ4v) is 1.12. The van der Waals surface area contributed by atoms with E-state index in [0.717, 1.165) is 0 Å². The fraction of sp³-hybridized carbons (Fsp3) is 0.556. The predicted octanol–water partition coefficient (Wildman–Crippen LogP) is 1.39. The lowest BCUT2D eigenvalue weighted by Crippen LogP contribution is -2.20. The van der Waals surface area contributed by atoms with Gasteiger partial charge in [-0.1, -0.05) is 6.58 Å². The molecule has 0 aromatic rings. The van der Waals surface area contributed by atoms with E-state index in [-0.39, 0.29) is 12.2 Å². The molecule has 0 aliphatic heterocycles. The molecule has 0 fully saturated rings. The molecule has 0 saturated heterocycles. The van der Waals surface area contributed by atoms with Crippen molar-refractivity contribution < 1.29 is 23.4 Å². The van der Waals surface area contributed by atoms with E-state index in [0.29, 0.717) is 0 Å². The first kappa shape index (κ1) is 13.9. The summed E-state index contributed by atoms with van der Waals surface area (Å²) in [6.45, 7) is 7.64. The molecule has 0 rings (SSSR count). The third kappa shape index (κ3) is 6.07. The summed E-state index contributed by atoms with van der Waals surface area (Å²) in [6.07, 6.45) is 0. The van der Waals surface area contributed by atoms with Crippen molar-refractivity contribution in [1.29, 1.82) is 0 Å². The lowest BCUT2D eigenvalue weighted by Gasteiger charge is -2.10. The number of esters is 1. The van der Waals surface area contributed by atoms with Crippen molar-refractivity contribution in [2.75, 3.05) is 13.3 Å². The third-order valence-corrected chi connectivity index (χ3v) is 1.95. The summed E-state index contributed by atoms with van der Waals surface area (Å²) in [6, 6.07) is 0. The summed E-state index contributed by atoms with van der Waals surface area (Å²) < 4.78 is 19.9. The van der Waals surface area contributed by atoms with Crippen LogP contribution in [0, 0.1) is 5.92 Å². The highest BCUT2D eigenvalue weighted by Crippen LogP contribution is 2.18. The SMILES string of the molecule is C=C(C)C(=O)OCC(C)C(=O)O[PH](C)=O. The second-order valence-electron chi connectivity index (χ2n) is 3.19. The van der Waals surface area contributed by atoms with E-state index in [4.69, 9.17) is 4.74 Å². The van der Waals surface area contributed by atoms with Crippen molar-refractivity contribution in [1.82, 2.24) is 0 Å². The van der Waals surface area contributed by atoms with Crippen molar-refractivity contribution >= 4 is 20.0 Å². The third-order valence-electron chi connectivity index (χ3n) is 1.46. The standard InChI is InChI=1S/C9H15O5P/c1-6(2)8(10)13-5-7(3)9(11)14-15(4)12/h7,15H,1,5H2,2-4H3. The van der Waals surface area contributed by atoms with Crippen molar-refractivity contribution in [2.45, 2.75) is 13.8 Å². The summed E-state index contributed by atoms with van der Waals surface area (Å²) in [5.41, 5.74) is 0.264. The average molecular weight is 234 g/mol. The Kier molecular flexibility index (Phi) is 5.94. The van der Waals surface area contributed by atoms with E-state index in [1.165, 1.54) is 20.5 Å². The summed E-state index contributed by atoms with van der Waals surface area (Å²) >= 11 is 0. The van der Waals surface area contributed by atoms with E-state index < -0.39 is 25.9 Å². The van der Waals surface area contributed by atoms with E-state index in [1.54, 1.807) is 0 Å². The van der Waals surface area contributed by atoms with Gasteiger partial charge in [-0.15, -0.1) is 0 Å². The van der Waals surface area contributed by atoms with Gasteiger partial charge in [0.25, 0.3) is 0 Å². The molecular formula is C9H15O5P. The molecule has 15 heavy (non-hydrogen) atoms. The van der Waals surface area contributed by atoms with E-state index in [9.17, 15) is 14.2 Å². The average Bonchev–Trinajstić information content (AvgIpc) is 2.12. The van der Waals surface area contributed by atoms with Gasteiger partial charge in [-0.3, -0.25) is 9.36 Å². The van der Waals surface area contributed by atoms with Gasteiger partial charge in [0.05, 0.1) is 5.92 Å². The number of carbonyl (C=O) groups excluding carboxylic acids is 2. The molecule has 0 aliphatic carbocycles.